The van der Waals surface area contributed by atoms with E-state index in [4.69, 9.17) is 0 Å². The van der Waals surface area contributed by atoms with E-state index in [1.165, 1.54) is 16.7 Å². The van der Waals surface area contributed by atoms with Gasteiger partial charge in [-0.3, -0.25) is 9.78 Å². The molecule has 0 spiro atoms. The van der Waals surface area contributed by atoms with Crippen molar-refractivity contribution in [3.8, 4) is 0 Å². The first-order valence-corrected chi connectivity index (χ1v) is 10.8. The molecule has 4 nitrogen and oxygen atoms in total. The number of amides is 1. The molecule has 1 N–H and O–H groups in total. The highest BCUT2D eigenvalue weighted by Crippen LogP contribution is 2.23. The van der Waals surface area contributed by atoms with Crippen LogP contribution in [0.15, 0.2) is 73.1 Å². The number of nitrogens with one attached hydrogen (secondary N) is 1. The first kappa shape index (κ1) is 20.1. The van der Waals surface area contributed by atoms with Gasteiger partial charge in [-0.05, 0) is 54.9 Å². The Balaban J connectivity index is 1.32. The molecule has 0 aliphatic carbocycles. The van der Waals surface area contributed by atoms with Gasteiger partial charge in [0.1, 0.15) is 0 Å². The van der Waals surface area contributed by atoms with Crippen molar-refractivity contribution in [2.45, 2.75) is 32.7 Å². The number of piperidine rings is 1. The molecule has 2 aromatic carbocycles. The summed E-state index contributed by atoms with van der Waals surface area (Å²) < 4.78 is 0. The third kappa shape index (κ3) is 5.07. The maximum atomic E-state index is 13.0. The fourth-order valence-electron chi connectivity index (χ4n) is 4.13. The van der Waals surface area contributed by atoms with Gasteiger partial charge in [0.25, 0.3) is 5.91 Å². The predicted octanol–water partition coefficient (Wildman–Crippen LogP) is 5.10. The van der Waals surface area contributed by atoms with Gasteiger partial charge < -0.3 is 10.2 Å². The Morgan fingerprint density at radius 2 is 1.77 bits per heavy atom. The minimum absolute atomic E-state index is 0.0835. The third-order valence-corrected chi connectivity index (χ3v) is 6.00. The van der Waals surface area contributed by atoms with Gasteiger partial charge >= 0.3 is 0 Å². The number of benzene rings is 2. The Morgan fingerprint density at radius 3 is 2.53 bits per heavy atom. The highest BCUT2D eigenvalue weighted by molar-refractivity contribution is 5.94. The van der Waals surface area contributed by atoms with Crippen molar-refractivity contribution >= 4 is 11.6 Å². The van der Waals surface area contributed by atoms with Crippen molar-refractivity contribution < 1.29 is 4.79 Å². The maximum Gasteiger partial charge on any atom is 0.255 e. The summed E-state index contributed by atoms with van der Waals surface area (Å²) in [7, 11) is 0. The van der Waals surface area contributed by atoms with Crippen LogP contribution in [0.1, 0.15) is 39.9 Å². The van der Waals surface area contributed by atoms with Crippen molar-refractivity contribution in [2.24, 2.45) is 5.92 Å². The van der Waals surface area contributed by atoms with Gasteiger partial charge in [-0.1, -0.05) is 54.6 Å². The van der Waals surface area contributed by atoms with E-state index >= 15 is 0 Å². The minimum atomic E-state index is 0.0835. The third-order valence-electron chi connectivity index (χ3n) is 6.00. The van der Waals surface area contributed by atoms with E-state index in [2.05, 4.69) is 59.7 Å². The molecule has 154 valence electrons. The van der Waals surface area contributed by atoms with Crippen molar-refractivity contribution in [3.05, 3.63) is 95.3 Å². The molecule has 2 heterocycles. The van der Waals surface area contributed by atoms with Gasteiger partial charge in [0.2, 0.25) is 0 Å². The Morgan fingerprint density at radius 1 is 1.03 bits per heavy atom. The Labute approximate surface area is 179 Å². The molecule has 30 heavy (non-hydrogen) atoms. The zero-order valence-corrected chi connectivity index (χ0v) is 17.6. The molecule has 0 bridgehead atoms. The van der Waals surface area contributed by atoms with Gasteiger partial charge in [0.15, 0.2) is 0 Å². The highest BCUT2D eigenvalue weighted by atomic mass is 16.2. The van der Waals surface area contributed by atoms with Crippen molar-refractivity contribution in [1.29, 1.82) is 0 Å². The van der Waals surface area contributed by atoms with E-state index in [1.54, 1.807) is 12.4 Å². The molecule has 1 aromatic heterocycles. The number of carbonyl (C=O) groups is 1. The summed E-state index contributed by atoms with van der Waals surface area (Å²) in [5, 5.41) is 3.40. The summed E-state index contributed by atoms with van der Waals surface area (Å²) >= 11 is 0. The zero-order chi connectivity index (χ0) is 20.8. The summed E-state index contributed by atoms with van der Waals surface area (Å²) in [4.78, 5) is 19.3. The largest absolute Gasteiger partial charge is 0.380 e. The first-order valence-electron chi connectivity index (χ1n) is 10.8. The van der Waals surface area contributed by atoms with E-state index < -0.39 is 0 Å². The topological polar surface area (TPSA) is 45.2 Å². The lowest BCUT2D eigenvalue weighted by Gasteiger charge is -2.32. The summed E-state index contributed by atoms with van der Waals surface area (Å²) in [5.74, 6) is 0.733. The van der Waals surface area contributed by atoms with Gasteiger partial charge in [0.05, 0.1) is 11.3 Å². The monoisotopic (exact) mass is 399 g/mol. The van der Waals surface area contributed by atoms with Crippen LogP contribution in [0.5, 0.6) is 0 Å². The number of hydrogen-bond donors (Lipinski definition) is 1. The van der Waals surface area contributed by atoms with Crippen LogP contribution >= 0.6 is 0 Å². The fraction of sp³-hybridized carbons (Fsp3) is 0.308. The van der Waals surface area contributed by atoms with E-state index in [-0.39, 0.29) is 5.91 Å². The summed E-state index contributed by atoms with van der Waals surface area (Å²) in [5.41, 5.74) is 5.42. The van der Waals surface area contributed by atoms with Crippen LogP contribution in [-0.4, -0.2) is 28.9 Å². The number of aromatic nitrogens is 1. The number of nitrogens with zero attached hydrogens (tertiary/aromatic N) is 2. The molecule has 4 rings (SSSR count). The second-order valence-electron chi connectivity index (χ2n) is 8.17. The van der Waals surface area contributed by atoms with E-state index in [1.807, 2.05) is 23.1 Å². The number of carbonyl (C=O) groups excluding carboxylic acids is 1. The SMILES string of the molecule is Cc1ccccc1CNc1cncc(C(=O)N2CCC(Cc3ccccc3)CC2)c1. The normalized spacial score (nSPS) is 14.5. The average molecular weight is 400 g/mol. The van der Waals surface area contributed by atoms with Gasteiger partial charge in [-0.25, -0.2) is 0 Å². The number of aryl methyl sites for hydroxylation is 1. The summed E-state index contributed by atoms with van der Waals surface area (Å²) in [6.45, 7) is 4.46. The van der Waals surface area contributed by atoms with Crippen LogP contribution in [0.2, 0.25) is 0 Å². The molecule has 1 amide bonds. The number of likely N-dealkylation sites (tertiary alicyclic amines) is 1. The summed E-state index contributed by atoms with van der Waals surface area (Å²) in [6.07, 6.45) is 6.67. The van der Waals surface area contributed by atoms with Crippen LogP contribution in [0.4, 0.5) is 5.69 Å². The molecular weight excluding hydrogens is 370 g/mol. The molecule has 1 aliphatic heterocycles. The lowest BCUT2D eigenvalue weighted by atomic mass is 9.90. The number of anilines is 1. The van der Waals surface area contributed by atoms with Crippen LogP contribution < -0.4 is 5.32 Å². The number of pyridine rings is 1. The summed E-state index contributed by atoms with van der Waals surface area (Å²) in [6, 6.07) is 20.9. The smallest absolute Gasteiger partial charge is 0.255 e. The Hall–Kier alpha value is -3.14. The number of hydrogen-bond acceptors (Lipinski definition) is 3. The standard InChI is InChI=1S/C26H29N3O/c1-20-7-5-6-10-23(20)18-28-25-16-24(17-27-19-25)26(30)29-13-11-22(12-14-29)15-21-8-3-2-4-9-21/h2-10,16-17,19,22,28H,11-15,18H2,1H3. The van der Waals surface area contributed by atoms with Crippen molar-refractivity contribution in [1.82, 2.24) is 9.88 Å². The van der Waals surface area contributed by atoms with Crippen LogP contribution in [0, 0.1) is 12.8 Å². The molecule has 1 aliphatic rings. The average Bonchev–Trinajstić information content (AvgIpc) is 2.79. The molecule has 4 heteroatoms. The Bertz CT molecular complexity index is 978. The van der Waals surface area contributed by atoms with E-state index in [9.17, 15) is 4.79 Å². The molecular formula is C26H29N3O. The van der Waals surface area contributed by atoms with Crippen LogP contribution in [-0.2, 0) is 13.0 Å². The Kier molecular flexibility index (Phi) is 6.43. The highest BCUT2D eigenvalue weighted by Gasteiger charge is 2.24. The van der Waals surface area contributed by atoms with Gasteiger partial charge in [-0.15, -0.1) is 0 Å². The van der Waals surface area contributed by atoms with Gasteiger partial charge in [0, 0.05) is 32.0 Å². The molecule has 1 fully saturated rings. The molecule has 0 unspecified atom stereocenters. The fourth-order valence-corrected chi connectivity index (χ4v) is 4.13. The zero-order valence-electron chi connectivity index (χ0n) is 17.6. The van der Waals surface area contributed by atoms with Gasteiger partial charge in [-0.2, -0.15) is 0 Å². The first-order chi connectivity index (χ1) is 14.7. The molecule has 0 radical (unpaired) electrons. The van der Waals surface area contributed by atoms with Crippen molar-refractivity contribution in [2.75, 3.05) is 18.4 Å². The van der Waals surface area contributed by atoms with Crippen molar-refractivity contribution in [3.63, 3.8) is 0 Å². The van der Waals surface area contributed by atoms with E-state index in [0.29, 0.717) is 11.5 Å². The maximum absolute atomic E-state index is 13.0. The lowest BCUT2D eigenvalue weighted by molar-refractivity contribution is 0.0690. The predicted molar refractivity (Wildman–Crippen MR) is 122 cm³/mol. The number of rotatable bonds is 6. The quantitative estimate of drug-likeness (QED) is 0.627. The molecule has 0 saturated carbocycles. The molecule has 0 atom stereocenters. The second-order valence-corrected chi connectivity index (χ2v) is 8.17. The van der Waals surface area contributed by atoms with Crippen LogP contribution in [0.25, 0.3) is 0 Å². The van der Waals surface area contributed by atoms with Crippen LogP contribution in [0.3, 0.4) is 0 Å². The van der Waals surface area contributed by atoms with E-state index in [0.717, 1.165) is 44.6 Å². The lowest BCUT2D eigenvalue weighted by Crippen LogP contribution is -2.39. The molecule has 3 aromatic rings. The minimum Gasteiger partial charge on any atom is -0.380 e. The molecule has 1 saturated heterocycles. The second kappa shape index (κ2) is 9.57.